The topological polar surface area (TPSA) is 112 Å². The van der Waals surface area contributed by atoms with Crippen molar-refractivity contribution in [3.63, 3.8) is 0 Å². The first-order valence-corrected chi connectivity index (χ1v) is 9.60. The molecule has 0 fully saturated rings. The van der Waals surface area contributed by atoms with E-state index in [1.165, 1.54) is 31.2 Å². The van der Waals surface area contributed by atoms with E-state index < -0.39 is 16.1 Å². The van der Waals surface area contributed by atoms with Crippen LogP contribution in [-0.4, -0.2) is 28.3 Å². The van der Waals surface area contributed by atoms with Crippen molar-refractivity contribution in [3.05, 3.63) is 47.9 Å². The predicted octanol–water partition coefficient (Wildman–Crippen LogP) is 2.57. The highest BCUT2D eigenvalue weighted by Crippen LogP contribution is 2.24. The Kier molecular flexibility index (Phi) is 5.24. The fourth-order valence-corrected chi connectivity index (χ4v) is 3.79. The molecule has 27 heavy (non-hydrogen) atoms. The summed E-state index contributed by atoms with van der Waals surface area (Å²) in [5, 5.41) is 11.5. The van der Waals surface area contributed by atoms with Crippen molar-refractivity contribution in [2.75, 3.05) is 0 Å². The molecule has 1 aromatic carbocycles. The van der Waals surface area contributed by atoms with Gasteiger partial charge in [0.25, 0.3) is 0 Å². The number of rotatable bonds is 7. The lowest BCUT2D eigenvalue weighted by Crippen LogP contribution is -2.29. The minimum absolute atomic E-state index is 0.0419. The molecule has 2 aromatic heterocycles. The second-order valence-electron chi connectivity index (χ2n) is 5.73. The zero-order valence-electron chi connectivity index (χ0n) is 14.9. The summed E-state index contributed by atoms with van der Waals surface area (Å²) >= 11 is 0. The largest absolute Gasteiger partial charge is 0.424 e. The van der Waals surface area contributed by atoms with Crippen LogP contribution in [0.1, 0.15) is 31.5 Å². The molecule has 0 saturated heterocycles. The lowest BCUT2D eigenvalue weighted by molar-refractivity contribution is 0.394. The Morgan fingerprint density at radius 1 is 1.30 bits per heavy atom. The van der Waals surface area contributed by atoms with Gasteiger partial charge in [0.05, 0.1) is 12.2 Å². The van der Waals surface area contributed by atoms with Crippen LogP contribution in [0.5, 0.6) is 11.8 Å². The Labute approximate surface area is 155 Å². The molecule has 0 aliphatic rings. The molecule has 1 atom stereocenters. The summed E-state index contributed by atoms with van der Waals surface area (Å²) in [6.07, 6.45) is 1.14. The highest BCUT2D eigenvalue weighted by Gasteiger charge is 2.26. The van der Waals surface area contributed by atoms with Crippen LogP contribution >= 0.6 is 0 Å². The molecule has 0 unspecified atom stereocenters. The van der Waals surface area contributed by atoms with E-state index in [1.807, 2.05) is 6.92 Å². The van der Waals surface area contributed by atoms with Crippen molar-refractivity contribution < 1.29 is 22.1 Å². The van der Waals surface area contributed by atoms with Gasteiger partial charge in [-0.25, -0.2) is 17.5 Å². The summed E-state index contributed by atoms with van der Waals surface area (Å²) in [5.41, 5.74) is 0. The highest BCUT2D eigenvalue weighted by atomic mass is 32.2. The van der Waals surface area contributed by atoms with Crippen molar-refractivity contribution in [2.45, 2.75) is 38.3 Å². The maximum absolute atomic E-state index is 13.0. The Hall–Kier alpha value is -2.79. The van der Waals surface area contributed by atoms with E-state index >= 15 is 0 Å². The zero-order valence-corrected chi connectivity index (χ0v) is 15.7. The Bertz CT molecular complexity index is 1030. The van der Waals surface area contributed by atoms with E-state index in [-0.39, 0.29) is 22.5 Å². The zero-order chi connectivity index (χ0) is 19.6. The van der Waals surface area contributed by atoms with Gasteiger partial charge in [-0.3, -0.25) is 4.57 Å². The quantitative estimate of drug-likeness (QED) is 0.654. The third-order valence-electron chi connectivity index (χ3n) is 3.80. The molecule has 0 aliphatic heterocycles. The molecular weight excluding hydrogens is 377 g/mol. The van der Waals surface area contributed by atoms with Crippen molar-refractivity contribution in [1.82, 2.24) is 24.6 Å². The van der Waals surface area contributed by atoms with Gasteiger partial charge in [-0.05, 0) is 45.0 Å². The molecule has 2 heterocycles. The van der Waals surface area contributed by atoms with E-state index in [0.717, 1.165) is 6.20 Å². The van der Waals surface area contributed by atoms with Crippen LogP contribution in [0.3, 0.4) is 0 Å². The second-order valence-corrected chi connectivity index (χ2v) is 7.41. The molecule has 3 rings (SSSR count). The van der Waals surface area contributed by atoms with Crippen LogP contribution in [0, 0.1) is 12.7 Å². The first-order chi connectivity index (χ1) is 12.8. The lowest BCUT2D eigenvalue weighted by atomic mass is 10.3. The van der Waals surface area contributed by atoms with Gasteiger partial charge in [0.1, 0.15) is 16.5 Å². The smallest absolute Gasteiger partial charge is 0.322 e. The van der Waals surface area contributed by atoms with Crippen molar-refractivity contribution >= 4 is 10.0 Å². The minimum atomic E-state index is -3.84. The molecule has 144 valence electrons. The third-order valence-corrected chi connectivity index (χ3v) is 5.44. The number of hydrogen-bond acceptors (Lipinski definition) is 7. The predicted molar refractivity (Wildman–Crippen MR) is 92.1 cm³/mol. The molecule has 0 bridgehead atoms. The van der Waals surface area contributed by atoms with E-state index in [1.54, 1.807) is 11.5 Å². The molecule has 3 aromatic rings. The maximum Gasteiger partial charge on any atom is 0.322 e. The van der Waals surface area contributed by atoms with Gasteiger partial charge in [0.2, 0.25) is 10.0 Å². The molecule has 11 heteroatoms. The standard InChI is InChI=1S/C16H18FN5O4S/c1-4-22-15(10(2)21-27(23,24)14-9-18-26-11(14)3)19-20-16(22)25-13-7-5-12(17)6-8-13/h5-10,21H,4H2,1-3H3/t10-/m1/s1. The number of nitrogens with one attached hydrogen (secondary N) is 1. The van der Waals surface area contributed by atoms with Crippen LogP contribution in [0.25, 0.3) is 0 Å². The molecule has 0 aliphatic carbocycles. The minimum Gasteiger partial charge on any atom is -0.424 e. The van der Waals surface area contributed by atoms with Crippen molar-refractivity contribution in [2.24, 2.45) is 0 Å². The van der Waals surface area contributed by atoms with E-state index in [4.69, 9.17) is 9.26 Å². The summed E-state index contributed by atoms with van der Waals surface area (Å²) < 4.78 is 52.6. The van der Waals surface area contributed by atoms with Gasteiger partial charge in [-0.15, -0.1) is 5.10 Å². The normalized spacial score (nSPS) is 12.9. The van der Waals surface area contributed by atoms with Crippen LogP contribution < -0.4 is 9.46 Å². The number of aryl methyl sites for hydroxylation is 1. The number of sulfonamides is 1. The van der Waals surface area contributed by atoms with Gasteiger partial charge >= 0.3 is 6.01 Å². The Morgan fingerprint density at radius 3 is 2.59 bits per heavy atom. The number of aromatic nitrogens is 4. The van der Waals surface area contributed by atoms with Gasteiger partial charge in [-0.2, -0.15) is 0 Å². The van der Waals surface area contributed by atoms with Crippen molar-refractivity contribution in [1.29, 1.82) is 0 Å². The van der Waals surface area contributed by atoms with Gasteiger partial charge in [0, 0.05) is 6.54 Å². The monoisotopic (exact) mass is 395 g/mol. The Morgan fingerprint density at radius 2 is 2.00 bits per heavy atom. The van der Waals surface area contributed by atoms with Gasteiger partial charge < -0.3 is 9.26 Å². The van der Waals surface area contributed by atoms with Gasteiger partial charge in [0.15, 0.2) is 11.6 Å². The molecule has 0 spiro atoms. The molecule has 9 nitrogen and oxygen atoms in total. The average molecular weight is 395 g/mol. The third kappa shape index (κ3) is 3.98. The van der Waals surface area contributed by atoms with Crippen LogP contribution in [0.15, 0.2) is 39.9 Å². The summed E-state index contributed by atoms with van der Waals surface area (Å²) in [6.45, 7) is 5.43. The fraction of sp³-hybridized carbons (Fsp3) is 0.312. The highest BCUT2D eigenvalue weighted by molar-refractivity contribution is 7.89. The second kappa shape index (κ2) is 7.45. The summed E-state index contributed by atoms with van der Waals surface area (Å²) in [4.78, 5) is -0.0419. The summed E-state index contributed by atoms with van der Waals surface area (Å²) in [5.74, 6) is 0.560. The van der Waals surface area contributed by atoms with Crippen molar-refractivity contribution in [3.8, 4) is 11.8 Å². The molecular formula is C16H18FN5O4S. The van der Waals surface area contributed by atoms with Crippen LogP contribution in [-0.2, 0) is 16.6 Å². The first-order valence-electron chi connectivity index (χ1n) is 8.12. The molecule has 0 radical (unpaired) electrons. The van der Waals surface area contributed by atoms with Crippen LogP contribution in [0.4, 0.5) is 4.39 Å². The number of ether oxygens (including phenoxy) is 1. The van der Waals surface area contributed by atoms with E-state index in [2.05, 4.69) is 20.1 Å². The maximum atomic E-state index is 13.0. The SMILES string of the molecule is CCn1c(Oc2ccc(F)cc2)nnc1[C@@H](C)NS(=O)(=O)c1cnoc1C. The number of hydrogen-bond donors (Lipinski definition) is 1. The molecule has 1 N–H and O–H groups in total. The first kappa shape index (κ1) is 19.0. The number of nitrogens with zero attached hydrogens (tertiary/aromatic N) is 4. The van der Waals surface area contributed by atoms with Crippen LogP contribution in [0.2, 0.25) is 0 Å². The molecule has 0 saturated carbocycles. The number of halogens is 1. The summed E-state index contributed by atoms with van der Waals surface area (Å²) in [7, 11) is -3.84. The Balaban J connectivity index is 1.83. The lowest BCUT2D eigenvalue weighted by Gasteiger charge is -2.14. The van der Waals surface area contributed by atoms with E-state index in [9.17, 15) is 12.8 Å². The van der Waals surface area contributed by atoms with Gasteiger partial charge in [-0.1, -0.05) is 10.3 Å². The fourth-order valence-electron chi connectivity index (χ4n) is 2.50. The number of benzene rings is 1. The summed E-state index contributed by atoms with van der Waals surface area (Å²) in [6, 6.07) is 4.94. The average Bonchev–Trinajstić information content (AvgIpc) is 3.22. The molecule has 0 amide bonds. The van der Waals surface area contributed by atoms with E-state index in [0.29, 0.717) is 18.1 Å².